The van der Waals surface area contributed by atoms with Crippen LogP contribution in [0.25, 0.3) is 10.8 Å². The molecule has 128 valence electrons. The van der Waals surface area contributed by atoms with Crippen LogP contribution >= 0.6 is 0 Å². The van der Waals surface area contributed by atoms with Gasteiger partial charge in [0.05, 0.1) is 7.11 Å². The summed E-state index contributed by atoms with van der Waals surface area (Å²) in [4.78, 5) is 12.1. The van der Waals surface area contributed by atoms with E-state index in [-0.39, 0.29) is 18.6 Å². The fourth-order valence-electron chi connectivity index (χ4n) is 3.35. The Morgan fingerprint density at radius 3 is 2.54 bits per heavy atom. The summed E-state index contributed by atoms with van der Waals surface area (Å²) in [5, 5.41) is 5.26. The Bertz CT molecular complexity index is 713. The predicted molar refractivity (Wildman–Crippen MR) is 95.6 cm³/mol. The van der Waals surface area contributed by atoms with Crippen LogP contribution in [0.15, 0.2) is 36.4 Å². The number of carbonyl (C=O) groups excluding carboxylic acids is 1. The first-order valence-electron chi connectivity index (χ1n) is 8.65. The summed E-state index contributed by atoms with van der Waals surface area (Å²) in [5.41, 5.74) is 0. The molecule has 2 aromatic rings. The molecule has 3 rings (SSSR count). The van der Waals surface area contributed by atoms with E-state index in [1.54, 1.807) is 7.11 Å². The highest BCUT2D eigenvalue weighted by molar-refractivity contribution is 5.85. The van der Waals surface area contributed by atoms with Crippen LogP contribution in [0.3, 0.4) is 0 Å². The minimum absolute atomic E-state index is 0.0421. The molecule has 1 saturated carbocycles. The van der Waals surface area contributed by atoms with Crippen molar-refractivity contribution < 1.29 is 14.3 Å². The van der Waals surface area contributed by atoms with Gasteiger partial charge >= 0.3 is 0 Å². The van der Waals surface area contributed by atoms with E-state index in [1.807, 2.05) is 36.4 Å². The van der Waals surface area contributed by atoms with Crippen molar-refractivity contribution in [2.75, 3.05) is 13.7 Å². The molecule has 0 aromatic heterocycles. The molecule has 1 aliphatic rings. The Hall–Kier alpha value is -2.23. The summed E-state index contributed by atoms with van der Waals surface area (Å²) in [5.74, 6) is 2.02. The SMILES string of the molecule is COc1ccc2ccc(OCC(=O)N[C@@H]3CCCC[C@@H]3C)cc2c1. The lowest BCUT2D eigenvalue weighted by atomic mass is 9.86. The van der Waals surface area contributed by atoms with E-state index in [0.717, 1.165) is 22.9 Å². The van der Waals surface area contributed by atoms with Crippen LogP contribution in [-0.2, 0) is 4.79 Å². The summed E-state index contributed by atoms with van der Waals surface area (Å²) in [6.07, 6.45) is 4.73. The topological polar surface area (TPSA) is 47.6 Å². The van der Waals surface area contributed by atoms with Gasteiger partial charge in [0.2, 0.25) is 0 Å². The van der Waals surface area contributed by atoms with Gasteiger partial charge in [-0.3, -0.25) is 4.79 Å². The summed E-state index contributed by atoms with van der Waals surface area (Å²) >= 11 is 0. The van der Waals surface area contributed by atoms with Crippen LogP contribution < -0.4 is 14.8 Å². The highest BCUT2D eigenvalue weighted by Gasteiger charge is 2.22. The second-order valence-electron chi connectivity index (χ2n) is 6.60. The third-order valence-electron chi connectivity index (χ3n) is 4.85. The highest BCUT2D eigenvalue weighted by atomic mass is 16.5. The lowest BCUT2D eigenvalue weighted by molar-refractivity contribution is -0.124. The molecule has 4 nitrogen and oxygen atoms in total. The van der Waals surface area contributed by atoms with Crippen molar-refractivity contribution in [3.05, 3.63) is 36.4 Å². The second-order valence-corrected chi connectivity index (χ2v) is 6.60. The number of hydrogen-bond acceptors (Lipinski definition) is 3. The number of nitrogens with one attached hydrogen (secondary N) is 1. The average Bonchev–Trinajstić information content (AvgIpc) is 2.61. The first-order valence-corrected chi connectivity index (χ1v) is 8.65. The monoisotopic (exact) mass is 327 g/mol. The van der Waals surface area contributed by atoms with Crippen molar-refractivity contribution in [3.8, 4) is 11.5 Å². The fraction of sp³-hybridized carbons (Fsp3) is 0.450. The summed E-state index contributed by atoms with van der Waals surface area (Å²) in [6, 6.07) is 12.0. The lowest BCUT2D eigenvalue weighted by Crippen LogP contribution is -2.43. The fourth-order valence-corrected chi connectivity index (χ4v) is 3.35. The van der Waals surface area contributed by atoms with Crippen molar-refractivity contribution in [3.63, 3.8) is 0 Å². The molecular formula is C20H25NO3. The van der Waals surface area contributed by atoms with Crippen molar-refractivity contribution in [2.24, 2.45) is 5.92 Å². The van der Waals surface area contributed by atoms with E-state index in [4.69, 9.17) is 9.47 Å². The van der Waals surface area contributed by atoms with E-state index in [1.165, 1.54) is 19.3 Å². The van der Waals surface area contributed by atoms with E-state index >= 15 is 0 Å². The van der Waals surface area contributed by atoms with Gasteiger partial charge in [-0.1, -0.05) is 31.9 Å². The van der Waals surface area contributed by atoms with Gasteiger partial charge in [0.1, 0.15) is 11.5 Å². The Labute approximate surface area is 143 Å². The second kappa shape index (κ2) is 7.56. The van der Waals surface area contributed by atoms with Crippen LogP contribution in [0.2, 0.25) is 0 Å². The summed E-state index contributed by atoms with van der Waals surface area (Å²) in [7, 11) is 1.65. The molecule has 24 heavy (non-hydrogen) atoms. The number of fused-ring (bicyclic) bond motifs is 1. The molecule has 0 heterocycles. The third-order valence-corrected chi connectivity index (χ3v) is 4.85. The van der Waals surface area contributed by atoms with Crippen LogP contribution in [0, 0.1) is 5.92 Å². The van der Waals surface area contributed by atoms with Gasteiger partial charge in [-0.15, -0.1) is 0 Å². The smallest absolute Gasteiger partial charge is 0.258 e. The quantitative estimate of drug-likeness (QED) is 0.905. The standard InChI is InChI=1S/C20H25NO3/c1-14-5-3-4-6-19(14)21-20(22)13-24-18-10-8-15-7-9-17(23-2)11-16(15)12-18/h7-12,14,19H,3-6,13H2,1-2H3,(H,21,22)/t14-,19+/m0/s1. The first-order chi connectivity index (χ1) is 11.7. The maximum absolute atomic E-state index is 12.1. The lowest BCUT2D eigenvalue weighted by Gasteiger charge is -2.29. The summed E-state index contributed by atoms with van der Waals surface area (Å²) in [6.45, 7) is 2.26. The number of rotatable bonds is 5. The number of methoxy groups -OCH3 is 1. The number of ether oxygens (including phenoxy) is 2. The molecule has 0 saturated heterocycles. The molecule has 0 aliphatic heterocycles. The van der Waals surface area contributed by atoms with Gasteiger partial charge in [0.15, 0.2) is 6.61 Å². The van der Waals surface area contributed by atoms with Gasteiger partial charge in [-0.05, 0) is 53.8 Å². The molecule has 0 spiro atoms. The zero-order valence-electron chi connectivity index (χ0n) is 14.4. The van der Waals surface area contributed by atoms with Gasteiger partial charge in [-0.2, -0.15) is 0 Å². The number of benzene rings is 2. The van der Waals surface area contributed by atoms with Crippen LogP contribution in [-0.4, -0.2) is 25.7 Å². The molecule has 2 atom stereocenters. The van der Waals surface area contributed by atoms with E-state index in [2.05, 4.69) is 12.2 Å². The van der Waals surface area contributed by atoms with Crippen molar-refractivity contribution >= 4 is 16.7 Å². The van der Waals surface area contributed by atoms with Crippen LogP contribution in [0.4, 0.5) is 0 Å². The van der Waals surface area contributed by atoms with Crippen molar-refractivity contribution in [2.45, 2.75) is 38.6 Å². The average molecular weight is 327 g/mol. The molecule has 1 amide bonds. The largest absolute Gasteiger partial charge is 0.497 e. The van der Waals surface area contributed by atoms with Crippen LogP contribution in [0.1, 0.15) is 32.6 Å². The maximum Gasteiger partial charge on any atom is 0.258 e. The molecule has 1 fully saturated rings. The Balaban J connectivity index is 1.59. The van der Waals surface area contributed by atoms with Crippen molar-refractivity contribution in [1.82, 2.24) is 5.32 Å². The van der Waals surface area contributed by atoms with E-state index in [0.29, 0.717) is 11.7 Å². The third kappa shape index (κ3) is 3.99. The molecule has 0 bridgehead atoms. The van der Waals surface area contributed by atoms with Gasteiger partial charge in [0.25, 0.3) is 5.91 Å². The Morgan fingerprint density at radius 2 is 1.79 bits per heavy atom. The summed E-state index contributed by atoms with van der Waals surface area (Å²) < 4.78 is 10.9. The number of hydrogen-bond donors (Lipinski definition) is 1. The maximum atomic E-state index is 12.1. The molecule has 2 aromatic carbocycles. The van der Waals surface area contributed by atoms with E-state index < -0.39 is 0 Å². The molecule has 1 aliphatic carbocycles. The van der Waals surface area contributed by atoms with Gasteiger partial charge < -0.3 is 14.8 Å². The number of amides is 1. The molecule has 0 unspecified atom stereocenters. The zero-order chi connectivity index (χ0) is 16.9. The Kier molecular flexibility index (Phi) is 5.24. The van der Waals surface area contributed by atoms with Crippen LogP contribution in [0.5, 0.6) is 11.5 Å². The number of carbonyl (C=O) groups is 1. The van der Waals surface area contributed by atoms with Gasteiger partial charge in [-0.25, -0.2) is 0 Å². The molecule has 4 heteroatoms. The van der Waals surface area contributed by atoms with Gasteiger partial charge in [0, 0.05) is 6.04 Å². The normalized spacial score (nSPS) is 20.6. The molecule has 1 N–H and O–H groups in total. The van der Waals surface area contributed by atoms with E-state index in [9.17, 15) is 4.79 Å². The molecular weight excluding hydrogens is 302 g/mol. The predicted octanol–water partition coefficient (Wildman–Crippen LogP) is 3.92. The Morgan fingerprint density at radius 1 is 1.08 bits per heavy atom. The minimum Gasteiger partial charge on any atom is -0.497 e. The first kappa shape index (κ1) is 16.6. The minimum atomic E-state index is -0.0421. The van der Waals surface area contributed by atoms with Crippen molar-refractivity contribution in [1.29, 1.82) is 0 Å². The zero-order valence-corrected chi connectivity index (χ0v) is 14.4. The molecule has 0 radical (unpaired) electrons. The highest BCUT2D eigenvalue weighted by Crippen LogP contribution is 2.25.